The van der Waals surface area contributed by atoms with Crippen LogP contribution in [0.2, 0.25) is 0 Å². The molecule has 3 heteroatoms. The van der Waals surface area contributed by atoms with E-state index in [9.17, 15) is 9.90 Å². The average Bonchev–Trinajstić information content (AvgIpc) is 2.56. The van der Waals surface area contributed by atoms with Crippen molar-refractivity contribution in [1.82, 2.24) is 0 Å². The number of hydrogen-bond acceptors (Lipinski definition) is 3. The van der Waals surface area contributed by atoms with Gasteiger partial charge in [0, 0.05) is 23.5 Å². The molecule has 1 aliphatic carbocycles. The van der Waals surface area contributed by atoms with E-state index in [1.165, 1.54) is 0 Å². The van der Waals surface area contributed by atoms with Gasteiger partial charge in [-0.2, -0.15) is 0 Å². The summed E-state index contributed by atoms with van der Waals surface area (Å²) in [6, 6.07) is 0. The second kappa shape index (κ2) is 9.31. The molecular formula is C21H30O3. The van der Waals surface area contributed by atoms with E-state index in [1.54, 1.807) is 6.92 Å². The topological polar surface area (TPSA) is 46.5 Å². The van der Waals surface area contributed by atoms with E-state index in [1.807, 2.05) is 6.08 Å². The highest BCUT2D eigenvalue weighted by Crippen LogP contribution is 2.42. The summed E-state index contributed by atoms with van der Waals surface area (Å²) in [5, 5.41) is 10.8. The standard InChI is InChI=1S/C21H30O3/c1-7-10-12-14(4)19-16(6)21(24-18(22)9-3)15(5)17(20(19)23)13-11-8-2/h7,17,21,23H,1,4-6,8-13H2,2-3H3. The lowest BCUT2D eigenvalue weighted by Crippen LogP contribution is -2.32. The summed E-state index contributed by atoms with van der Waals surface area (Å²) in [5.41, 5.74) is 2.71. The smallest absolute Gasteiger partial charge is 0.306 e. The molecule has 0 aromatic rings. The number of carbonyl (C=O) groups excluding carboxylic acids is 1. The fourth-order valence-corrected chi connectivity index (χ4v) is 2.95. The summed E-state index contributed by atoms with van der Waals surface area (Å²) >= 11 is 0. The first kappa shape index (κ1) is 20.0. The number of esters is 1. The van der Waals surface area contributed by atoms with Crippen LogP contribution < -0.4 is 0 Å². The van der Waals surface area contributed by atoms with Crippen molar-refractivity contribution in [2.75, 3.05) is 0 Å². The third kappa shape index (κ3) is 4.50. The van der Waals surface area contributed by atoms with E-state index < -0.39 is 6.10 Å². The molecule has 0 saturated carbocycles. The van der Waals surface area contributed by atoms with Gasteiger partial charge in [0.25, 0.3) is 0 Å². The second-order valence-electron chi connectivity index (χ2n) is 6.21. The minimum absolute atomic E-state index is 0.222. The molecule has 132 valence electrons. The Morgan fingerprint density at radius 3 is 2.54 bits per heavy atom. The number of unbranched alkanes of at least 4 members (excludes halogenated alkanes) is 1. The number of aliphatic hydroxyl groups is 1. The predicted octanol–water partition coefficient (Wildman–Crippen LogP) is 5.58. The van der Waals surface area contributed by atoms with Crippen molar-refractivity contribution in [3.8, 4) is 0 Å². The number of allylic oxidation sites excluding steroid dienone is 3. The first-order valence-electron chi connectivity index (χ1n) is 8.68. The summed E-state index contributed by atoms with van der Waals surface area (Å²) in [7, 11) is 0. The summed E-state index contributed by atoms with van der Waals surface area (Å²) < 4.78 is 5.56. The van der Waals surface area contributed by atoms with Gasteiger partial charge >= 0.3 is 5.97 Å². The third-order valence-electron chi connectivity index (χ3n) is 4.40. The van der Waals surface area contributed by atoms with Crippen molar-refractivity contribution < 1.29 is 14.6 Å². The lowest BCUT2D eigenvalue weighted by Gasteiger charge is -2.35. The molecule has 0 heterocycles. The predicted molar refractivity (Wildman–Crippen MR) is 99.7 cm³/mol. The Labute approximate surface area is 146 Å². The van der Waals surface area contributed by atoms with Crippen molar-refractivity contribution >= 4 is 5.97 Å². The molecule has 0 bridgehead atoms. The molecule has 0 spiro atoms. The monoisotopic (exact) mass is 330 g/mol. The van der Waals surface area contributed by atoms with E-state index in [0.29, 0.717) is 29.6 Å². The maximum Gasteiger partial charge on any atom is 0.306 e. The molecule has 0 aromatic heterocycles. The van der Waals surface area contributed by atoms with Crippen LogP contribution in [0.15, 0.2) is 60.4 Å². The van der Waals surface area contributed by atoms with Gasteiger partial charge in [-0.1, -0.05) is 52.5 Å². The van der Waals surface area contributed by atoms with Crippen LogP contribution >= 0.6 is 0 Å². The van der Waals surface area contributed by atoms with E-state index >= 15 is 0 Å². The second-order valence-corrected chi connectivity index (χ2v) is 6.21. The van der Waals surface area contributed by atoms with Crippen molar-refractivity contribution in [1.29, 1.82) is 0 Å². The molecule has 0 amide bonds. The van der Waals surface area contributed by atoms with E-state index in [-0.39, 0.29) is 17.6 Å². The molecule has 1 aliphatic rings. The molecular weight excluding hydrogens is 300 g/mol. The van der Waals surface area contributed by atoms with Crippen LogP contribution in [0.3, 0.4) is 0 Å². The zero-order chi connectivity index (χ0) is 18.3. The minimum Gasteiger partial charge on any atom is -0.511 e. The number of hydrogen-bond donors (Lipinski definition) is 1. The first-order chi connectivity index (χ1) is 11.4. The highest BCUT2D eigenvalue weighted by molar-refractivity contribution is 5.71. The fraction of sp³-hybridized carbons (Fsp3) is 0.476. The largest absolute Gasteiger partial charge is 0.511 e. The molecule has 0 aromatic carbocycles. The van der Waals surface area contributed by atoms with Gasteiger partial charge in [0.15, 0.2) is 0 Å². The lowest BCUT2D eigenvalue weighted by atomic mass is 9.75. The van der Waals surface area contributed by atoms with Crippen molar-refractivity contribution in [2.45, 2.75) is 58.5 Å². The molecule has 0 aliphatic heterocycles. The van der Waals surface area contributed by atoms with Crippen molar-refractivity contribution in [3.05, 3.63) is 60.4 Å². The van der Waals surface area contributed by atoms with Gasteiger partial charge in [0.1, 0.15) is 11.9 Å². The highest BCUT2D eigenvalue weighted by Gasteiger charge is 2.37. The molecule has 1 rings (SSSR count). The Morgan fingerprint density at radius 2 is 2.00 bits per heavy atom. The van der Waals surface area contributed by atoms with Gasteiger partial charge < -0.3 is 9.84 Å². The number of aliphatic hydroxyl groups excluding tert-OH is 1. The van der Waals surface area contributed by atoms with Crippen LogP contribution in [0, 0.1) is 5.92 Å². The lowest BCUT2D eigenvalue weighted by molar-refractivity contribution is -0.145. The Balaban J connectivity index is 3.23. The van der Waals surface area contributed by atoms with Crippen LogP contribution in [0.5, 0.6) is 0 Å². The zero-order valence-electron chi connectivity index (χ0n) is 15.1. The summed E-state index contributed by atoms with van der Waals surface area (Å²) in [4.78, 5) is 11.8. The van der Waals surface area contributed by atoms with Crippen LogP contribution in [0.1, 0.15) is 52.4 Å². The normalized spacial score (nSPS) is 20.9. The van der Waals surface area contributed by atoms with Crippen LogP contribution in [0.4, 0.5) is 0 Å². The average molecular weight is 330 g/mol. The van der Waals surface area contributed by atoms with Crippen molar-refractivity contribution in [3.63, 3.8) is 0 Å². The van der Waals surface area contributed by atoms with E-state index in [0.717, 1.165) is 31.3 Å². The van der Waals surface area contributed by atoms with Gasteiger partial charge in [0.05, 0.1) is 0 Å². The number of ether oxygens (including phenoxy) is 1. The van der Waals surface area contributed by atoms with E-state index in [2.05, 4.69) is 33.2 Å². The SMILES string of the molecule is C=CCCC(=C)C1=C(O)C(CCCC)C(=C)C(OC(=O)CC)C1=C. The molecule has 3 nitrogen and oxygen atoms in total. The van der Waals surface area contributed by atoms with E-state index in [4.69, 9.17) is 4.74 Å². The quantitative estimate of drug-likeness (QED) is 0.444. The maximum atomic E-state index is 11.8. The Kier molecular flexibility index (Phi) is 7.76. The molecule has 0 saturated heterocycles. The Bertz CT molecular complexity index is 566. The first-order valence-corrected chi connectivity index (χ1v) is 8.68. The molecule has 0 radical (unpaired) electrons. The minimum atomic E-state index is -0.592. The number of rotatable bonds is 9. The maximum absolute atomic E-state index is 11.8. The third-order valence-corrected chi connectivity index (χ3v) is 4.40. The molecule has 2 atom stereocenters. The van der Waals surface area contributed by atoms with Gasteiger partial charge in [-0.05, 0) is 30.4 Å². The van der Waals surface area contributed by atoms with Gasteiger partial charge in [-0.3, -0.25) is 4.79 Å². The fourth-order valence-electron chi connectivity index (χ4n) is 2.95. The molecule has 0 fully saturated rings. The van der Waals surface area contributed by atoms with Gasteiger partial charge in [-0.25, -0.2) is 0 Å². The van der Waals surface area contributed by atoms with Crippen LogP contribution in [0.25, 0.3) is 0 Å². The molecule has 1 N–H and O–H groups in total. The highest BCUT2D eigenvalue weighted by atomic mass is 16.5. The number of carbonyl (C=O) groups is 1. The summed E-state index contributed by atoms with van der Waals surface area (Å²) in [6.45, 7) is 19.8. The van der Waals surface area contributed by atoms with Crippen LogP contribution in [-0.4, -0.2) is 17.2 Å². The Morgan fingerprint density at radius 1 is 1.33 bits per heavy atom. The summed E-state index contributed by atoms with van der Waals surface area (Å²) in [5.74, 6) is -0.258. The molecule has 2 unspecified atom stereocenters. The summed E-state index contributed by atoms with van der Waals surface area (Å²) in [6.07, 6.45) is 5.71. The Hall–Kier alpha value is -2.03. The molecule has 24 heavy (non-hydrogen) atoms. The van der Waals surface area contributed by atoms with Gasteiger partial charge in [-0.15, -0.1) is 6.58 Å². The van der Waals surface area contributed by atoms with Gasteiger partial charge in [0.2, 0.25) is 0 Å². The zero-order valence-corrected chi connectivity index (χ0v) is 15.1. The van der Waals surface area contributed by atoms with Crippen molar-refractivity contribution in [2.24, 2.45) is 5.92 Å². The van der Waals surface area contributed by atoms with Crippen LogP contribution in [-0.2, 0) is 9.53 Å².